The number of nitrogens with one attached hydrogen (secondary N) is 2. The molecule has 0 aromatic heterocycles. The van der Waals surface area contributed by atoms with Crippen molar-refractivity contribution in [3.8, 4) is 0 Å². The summed E-state index contributed by atoms with van der Waals surface area (Å²) in [6.45, 7) is -1.11. The highest BCUT2D eigenvalue weighted by atomic mass is 16.6. The minimum absolute atomic E-state index is 0.425. The van der Waals surface area contributed by atoms with Gasteiger partial charge in [-0.05, 0) is 18.2 Å². The number of ether oxygens (including phenoxy) is 2. The molecular formula is C18H28N2O10. The number of aliphatic hydroxyl groups excluding tert-OH is 8. The summed E-state index contributed by atoms with van der Waals surface area (Å²) in [5, 5.41) is 84.0. The van der Waals surface area contributed by atoms with Gasteiger partial charge in [-0.1, -0.05) is 6.07 Å². The average Bonchev–Trinajstić information content (AvgIpc) is 2.74. The zero-order valence-corrected chi connectivity index (χ0v) is 15.9. The molecule has 2 saturated heterocycles. The fraction of sp³-hybridized carbons (Fsp3) is 0.667. The smallest absolute Gasteiger partial charge is 0.157 e. The molecule has 10 unspecified atom stereocenters. The van der Waals surface area contributed by atoms with Crippen molar-refractivity contribution >= 4 is 11.4 Å². The first-order valence-electron chi connectivity index (χ1n) is 9.51. The third-order valence-corrected chi connectivity index (χ3v) is 5.26. The summed E-state index contributed by atoms with van der Waals surface area (Å²) in [6.07, 6.45) is -13.3. The highest BCUT2D eigenvalue weighted by Crippen LogP contribution is 2.26. The van der Waals surface area contributed by atoms with Crippen molar-refractivity contribution in [3.05, 3.63) is 24.3 Å². The van der Waals surface area contributed by atoms with Gasteiger partial charge in [0.15, 0.2) is 12.5 Å². The molecule has 0 saturated carbocycles. The first-order valence-corrected chi connectivity index (χ1v) is 9.51. The maximum absolute atomic E-state index is 10.1. The maximum atomic E-state index is 10.1. The summed E-state index contributed by atoms with van der Waals surface area (Å²) < 4.78 is 10.8. The lowest BCUT2D eigenvalue weighted by atomic mass is 9.98. The molecule has 3 rings (SSSR count). The van der Waals surface area contributed by atoms with Crippen LogP contribution in [0.25, 0.3) is 0 Å². The Morgan fingerprint density at radius 2 is 1.03 bits per heavy atom. The molecule has 2 fully saturated rings. The Kier molecular flexibility index (Phi) is 7.47. The van der Waals surface area contributed by atoms with Crippen LogP contribution >= 0.6 is 0 Å². The van der Waals surface area contributed by atoms with Crippen molar-refractivity contribution in [1.82, 2.24) is 0 Å². The number of hydrogen-bond donors (Lipinski definition) is 10. The molecule has 30 heavy (non-hydrogen) atoms. The molecule has 0 radical (unpaired) electrons. The van der Waals surface area contributed by atoms with Gasteiger partial charge in [0, 0.05) is 11.4 Å². The van der Waals surface area contributed by atoms with Crippen LogP contribution < -0.4 is 10.6 Å². The van der Waals surface area contributed by atoms with Gasteiger partial charge in [0.2, 0.25) is 0 Å². The van der Waals surface area contributed by atoms with Gasteiger partial charge in [-0.2, -0.15) is 0 Å². The Morgan fingerprint density at radius 3 is 1.40 bits per heavy atom. The van der Waals surface area contributed by atoms with Crippen molar-refractivity contribution in [1.29, 1.82) is 0 Å². The zero-order valence-electron chi connectivity index (χ0n) is 15.9. The summed E-state index contributed by atoms with van der Waals surface area (Å²) in [5.74, 6) is 0. The molecule has 12 heteroatoms. The van der Waals surface area contributed by atoms with Gasteiger partial charge >= 0.3 is 0 Å². The first kappa shape index (κ1) is 23.1. The van der Waals surface area contributed by atoms with Crippen LogP contribution in [0.2, 0.25) is 0 Å². The van der Waals surface area contributed by atoms with Gasteiger partial charge < -0.3 is 61.0 Å². The molecule has 2 aliphatic rings. The number of aliphatic hydroxyl groups is 8. The van der Waals surface area contributed by atoms with Crippen LogP contribution in [0.5, 0.6) is 0 Å². The highest BCUT2D eigenvalue weighted by Gasteiger charge is 2.44. The maximum Gasteiger partial charge on any atom is 0.157 e. The fourth-order valence-electron chi connectivity index (χ4n) is 3.47. The number of hydrogen-bond acceptors (Lipinski definition) is 12. The van der Waals surface area contributed by atoms with Gasteiger partial charge in [0.05, 0.1) is 13.2 Å². The summed E-state index contributed by atoms with van der Waals surface area (Å²) >= 11 is 0. The third kappa shape index (κ3) is 4.68. The topological polar surface area (TPSA) is 204 Å². The van der Waals surface area contributed by atoms with Gasteiger partial charge in [0.1, 0.15) is 48.8 Å². The lowest BCUT2D eigenvalue weighted by Gasteiger charge is -2.41. The lowest BCUT2D eigenvalue weighted by Crippen LogP contribution is -2.60. The van der Waals surface area contributed by atoms with E-state index in [1.54, 1.807) is 24.3 Å². The molecule has 10 atom stereocenters. The predicted octanol–water partition coefficient (Wildman–Crippen LogP) is -3.89. The first-order chi connectivity index (χ1) is 14.3. The summed E-state index contributed by atoms with van der Waals surface area (Å²) in [5.41, 5.74) is 0.850. The second-order valence-electron chi connectivity index (χ2n) is 7.37. The molecule has 0 bridgehead atoms. The van der Waals surface area contributed by atoms with E-state index >= 15 is 0 Å². The van der Waals surface area contributed by atoms with Crippen LogP contribution in [0.1, 0.15) is 0 Å². The molecule has 1 aromatic carbocycles. The van der Waals surface area contributed by atoms with E-state index in [0.717, 1.165) is 0 Å². The van der Waals surface area contributed by atoms with Crippen molar-refractivity contribution in [2.45, 2.75) is 61.3 Å². The quantitative estimate of drug-likeness (QED) is 0.210. The molecule has 0 aliphatic carbocycles. The Balaban J connectivity index is 1.69. The summed E-state index contributed by atoms with van der Waals surface area (Å²) in [6, 6.07) is 6.43. The minimum Gasteiger partial charge on any atom is -0.394 e. The van der Waals surface area contributed by atoms with Crippen LogP contribution in [-0.2, 0) is 9.47 Å². The number of rotatable bonds is 6. The molecule has 10 N–H and O–H groups in total. The van der Waals surface area contributed by atoms with E-state index in [1.807, 2.05) is 0 Å². The summed E-state index contributed by atoms with van der Waals surface area (Å²) in [4.78, 5) is 0. The van der Waals surface area contributed by atoms with E-state index in [1.165, 1.54) is 0 Å². The average molecular weight is 432 g/mol. The van der Waals surface area contributed by atoms with Crippen LogP contribution in [0.4, 0.5) is 11.4 Å². The van der Waals surface area contributed by atoms with Crippen molar-refractivity contribution in [3.63, 3.8) is 0 Å². The zero-order chi connectivity index (χ0) is 22.0. The third-order valence-electron chi connectivity index (χ3n) is 5.26. The van der Waals surface area contributed by atoms with E-state index in [0.29, 0.717) is 11.4 Å². The Morgan fingerprint density at radius 1 is 0.633 bits per heavy atom. The summed E-state index contributed by atoms with van der Waals surface area (Å²) in [7, 11) is 0. The number of anilines is 2. The SMILES string of the molecule is OCC1OC(Nc2cccc(NC3OC(CO)C(O)C(O)C3O)c2)C(O)C(O)C1O. The second-order valence-corrected chi connectivity index (χ2v) is 7.37. The molecule has 1 aromatic rings. The second kappa shape index (κ2) is 9.70. The molecule has 2 aliphatic heterocycles. The van der Waals surface area contributed by atoms with Crippen molar-refractivity contribution in [2.24, 2.45) is 0 Å². The van der Waals surface area contributed by atoms with E-state index in [2.05, 4.69) is 10.6 Å². The van der Waals surface area contributed by atoms with Crippen molar-refractivity contribution < 1.29 is 50.3 Å². The highest BCUT2D eigenvalue weighted by molar-refractivity contribution is 5.57. The van der Waals surface area contributed by atoms with Crippen LogP contribution in [0.15, 0.2) is 24.3 Å². The number of benzene rings is 1. The molecule has 12 nitrogen and oxygen atoms in total. The largest absolute Gasteiger partial charge is 0.394 e. The molecule has 0 spiro atoms. The van der Waals surface area contributed by atoms with E-state index in [9.17, 15) is 40.9 Å². The molecule has 0 amide bonds. The Labute approximate surface area is 171 Å². The van der Waals surface area contributed by atoms with Gasteiger partial charge in [-0.3, -0.25) is 0 Å². The van der Waals surface area contributed by atoms with Gasteiger partial charge in [0.25, 0.3) is 0 Å². The predicted molar refractivity (Wildman–Crippen MR) is 101 cm³/mol. The molecular weight excluding hydrogens is 404 g/mol. The van der Waals surface area contributed by atoms with Crippen LogP contribution in [0.3, 0.4) is 0 Å². The lowest BCUT2D eigenvalue weighted by molar-refractivity contribution is -0.221. The van der Waals surface area contributed by atoms with Crippen LogP contribution in [-0.4, -0.2) is 115 Å². The van der Waals surface area contributed by atoms with E-state index < -0.39 is 74.5 Å². The normalized spacial score (nSPS) is 42.0. The fourth-order valence-corrected chi connectivity index (χ4v) is 3.47. The van der Waals surface area contributed by atoms with Crippen molar-refractivity contribution in [2.75, 3.05) is 23.8 Å². The van der Waals surface area contributed by atoms with Crippen LogP contribution in [0, 0.1) is 0 Å². The standard InChI is InChI=1S/C18H28N2O10/c21-5-9-11(23)13(25)15(27)17(29-9)19-7-2-1-3-8(4-7)20-18-16(28)14(26)12(24)10(6-22)30-18/h1-4,9-28H,5-6H2. The molecule has 2 heterocycles. The minimum atomic E-state index is -1.52. The molecule has 170 valence electrons. The van der Waals surface area contributed by atoms with E-state index in [4.69, 9.17) is 9.47 Å². The van der Waals surface area contributed by atoms with E-state index in [-0.39, 0.29) is 0 Å². The Bertz CT molecular complexity index is 639. The van der Waals surface area contributed by atoms with Gasteiger partial charge in [-0.15, -0.1) is 0 Å². The van der Waals surface area contributed by atoms with Gasteiger partial charge in [-0.25, -0.2) is 0 Å². The monoisotopic (exact) mass is 432 g/mol. The Hall–Kier alpha value is -1.58.